The number of carbonyl (C=O) groups excluding carboxylic acids is 1. The highest BCUT2D eigenvalue weighted by molar-refractivity contribution is 9.10. The maximum atomic E-state index is 12.3. The number of anilines is 2. The van der Waals surface area contributed by atoms with Crippen molar-refractivity contribution in [1.29, 1.82) is 0 Å². The maximum absolute atomic E-state index is 12.3. The van der Waals surface area contributed by atoms with E-state index in [2.05, 4.69) is 43.0 Å². The van der Waals surface area contributed by atoms with Crippen LogP contribution in [0.4, 0.5) is 10.8 Å². The molecule has 0 radical (unpaired) electrons. The van der Waals surface area contributed by atoms with Crippen LogP contribution in [0.25, 0.3) is 10.3 Å². The second kappa shape index (κ2) is 8.75. The fourth-order valence-corrected chi connectivity index (χ4v) is 5.38. The first-order valence-electron chi connectivity index (χ1n) is 9.13. The van der Waals surface area contributed by atoms with Crippen LogP contribution in [0.2, 0.25) is 0 Å². The largest absolute Gasteiger partial charge is 0.348 e. The maximum Gasteiger partial charge on any atom is 0.234 e. The quantitative estimate of drug-likeness (QED) is 0.419. The third-order valence-corrected chi connectivity index (χ3v) is 7.30. The van der Waals surface area contributed by atoms with Gasteiger partial charge in [-0.15, -0.1) is 0 Å². The summed E-state index contributed by atoms with van der Waals surface area (Å²) in [5, 5.41) is 4.72. The molecule has 9 heteroatoms. The van der Waals surface area contributed by atoms with Crippen molar-refractivity contribution in [3.05, 3.63) is 35.1 Å². The molecule has 1 fully saturated rings. The summed E-state index contributed by atoms with van der Waals surface area (Å²) in [6, 6.07) is 7.53. The number of rotatable bonds is 5. The first-order chi connectivity index (χ1) is 13.6. The van der Waals surface area contributed by atoms with Crippen molar-refractivity contribution in [3.8, 4) is 0 Å². The number of thioether (sulfide) groups is 1. The number of carbonyl (C=O) groups is 1. The molecule has 4 rings (SSSR count). The van der Waals surface area contributed by atoms with E-state index in [-0.39, 0.29) is 11.7 Å². The Morgan fingerprint density at radius 1 is 1.36 bits per heavy atom. The van der Waals surface area contributed by atoms with Gasteiger partial charge in [-0.05, 0) is 43.0 Å². The summed E-state index contributed by atoms with van der Waals surface area (Å²) in [5.74, 6) is 0.910. The van der Waals surface area contributed by atoms with Crippen molar-refractivity contribution >= 4 is 66.1 Å². The lowest BCUT2D eigenvalue weighted by molar-refractivity contribution is -0.113. The molecule has 3 heterocycles. The standard InChI is InChI=1S/C19H20BrN5OS2/c1-12-3-2-8-25(9-12)19-24-17-16(28-19)18(22-11-21-17)27-10-15(26)23-14-6-4-13(20)5-7-14/h4-7,11-12H,2-3,8-10H2,1H3,(H,23,26)/t12-/m1/s1. The highest BCUT2D eigenvalue weighted by Gasteiger charge is 2.21. The lowest BCUT2D eigenvalue weighted by atomic mass is 10.0. The van der Waals surface area contributed by atoms with Gasteiger partial charge in [-0.25, -0.2) is 9.97 Å². The lowest BCUT2D eigenvalue weighted by Gasteiger charge is -2.30. The first kappa shape index (κ1) is 19.6. The Hall–Kier alpha value is -1.71. The SMILES string of the molecule is C[C@@H]1CCCN(c2nc3ncnc(SCC(=O)Nc4ccc(Br)cc4)c3s2)C1. The number of fused-ring (bicyclic) bond motifs is 1. The average Bonchev–Trinajstić information content (AvgIpc) is 3.13. The summed E-state index contributed by atoms with van der Waals surface area (Å²) < 4.78 is 1.93. The van der Waals surface area contributed by atoms with Crippen molar-refractivity contribution in [2.45, 2.75) is 24.8 Å². The minimum Gasteiger partial charge on any atom is -0.348 e. The molecule has 0 unspecified atom stereocenters. The Labute approximate surface area is 180 Å². The zero-order valence-corrected chi connectivity index (χ0v) is 18.6. The number of halogens is 1. The minimum absolute atomic E-state index is 0.0614. The zero-order chi connectivity index (χ0) is 19.5. The van der Waals surface area contributed by atoms with Crippen LogP contribution >= 0.6 is 39.0 Å². The Balaban J connectivity index is 1.44. The van der Waals surface area contributed by atoms with Crippen molar-refractivity contribution in [2.24, 2.45) is 5.92 Å². The summed E-state index contributed by atoms with van der Waals surface area (Å²) in [7, 11) is 0. The van der Waals surface area contributed by atoms with Gasteiger partial charge in [0.15, 0.2) is 10.8 Å². The number of hydrogen-bond acceptors (Lipinski definition) is 7. The van der Waals surface area contributed by atoms with E-state index in [4.69, 9.17) is 4.98 Å². The molecule has 1 aromatic carbocycles. The monoisotopic (exact) mass is 477 g/mol. The summed E-state index contributed by atoms with van der Waals surface area (Å²) in [6.07, 6.45) is 4.00. The Morgan fingerprint density at radius 3 is 2.96 bits per heavy atom. The van der Waals surface area contributed by atoms with Crippen LogP contribution in [0.5, 0.6) is 0 Å². The van der Waals surface area contributed by atoms with Crippen molar-refractivity contribution in [3.63, 3.8) is 0 Å². The number of hydrogen-bond donors (Lipinski definition) is 1. The second-order valence-corrected chi connectivity index (χ2v) is 9.72. The molecule has 0 bridgehead atoms. The first-order valence-corrected chi connectivity index (χ1v) is 11.7. The van der Waals surface area contributed by atoms with Gasteiger partial charge < -0.3 is 10.2 Å². The number of piperidine rings is 1. The molecule has 6 nitrogen and oxygen atoms in total. The topological polar surface area (TPSA) is 71.0 Å². The van der Waals surface area contributed by atoms with E-state index in [9.17, 15) is 4.79 Å². The van der Waals surface area contributed by atoms with Gasteiger partial charge in [0.2, 0.25) is 5.91 Å². The van der Waals surface area contributed by atoms with Crippen molar-refractivity contribution < 1.29 is 4.79 Å². The van der Waals surface area contributed by atoms with Crippen LogP contribution in [0.15, 0.2) is 40.1 Å². The fraction of sp³-hybridized carbons (Fsp3) is 0.368. The van der Waals surface area contributed by atoms with E-state index >= 15 is 0 Å². The molecule has 1 aliphatic rings. The van der Waals surface area contributed by atoms with Gasteiger partial charge in [-0.3, -0.25) is 4.79 Å². The molecule has 0 saturated carbocycles. The molecule has 1 aliphatic heterocycles. The Bertz CT molecular complexity index is 978. The van der Waals surface area contributed by atoms with Gasteiger partial charge in [0.1, 0.15) is 16.1 Å². The molecule has 146 valence electrons. The summed E-state index contributed by atoms with van der Waals surface area (Å²) in [5.41, 5.74) is 1.49. The average molecular weight is 478 g/mol. The molecule has 0 spiro atoms. The number of nitrogens with zero attached hydrogens (tertiary/aromatic N) is 4. The fourth-order valence-electron chi connectivity index (χ4n) is 3.19. The number of aromatic nitrogens is 3. The Morgan fingerprint density at radius 2 is 2.18 bits per heavy atom. The van der Waals surface area contributed by atoms with E-state index in [0.29, 0.717) is 11.6 Å². The summed E-state index contributed by atoms with van der Waals surface area (Å²) in [4.78, 5) is 28.1. The van der Waals surface area contributed by atoms with Crippen LogP contribution in [0, 0.1) is 5.92 Å². The molecule has 1 atom stereocenters. The third-order valence-electron chi connectivity index (χ3n) is 4.54. The molecule has 1 amide bonds. The molecule has 28 heavy (non-hydrogen) atoms. The number of thiazole rings is 1. The zero-order valence-electron chi connectivity index (χ0n) is 15.4. The highest BCUT2D eigenvalue weighted by Crippen LogP contribution is 2.35. The molecular weight excluding hydrogens is 458 g/mol. The molecule has 1 saturated heterocycles. The van der Waals surface area contributed by atoms with Crippen LogP contribution in [0.1, 0.15) is 19.8 Å². The Kier molecular flexibility index (Phi) is 6.13. The molecule has 3 aromatic rings. The van der Waals surface area contributed by atoms with Crippen LogP contribution in [-0.4, -0.2) is 39.7 Å². The van der Waals surface area contributed by atoms with Gasteiger partial charge >= 0.3 is 0 Å². The normalized spacial score (nSPS) is 17.1. The number of amides is 1. The van der Waals surface area contributed by atoms with Crippen molar-refractivity contribution in [2.75, 3.05) is 29.1 Å². The smallest absolute Gasteiger partial charge is 0.234 e. The van der Waals surface area contributed by atoms with E-state index in [1.807, 2.05) is 24.3 Å². The molecule has 0 aliphatic carbocycles. The van der Waals surface area contributed by atoms with Gasteiger partial charge in [-0.2, -0.15) is 4.98 Å². The number of nitrogens with one attached hydrogen (secondary N) is 1. The van der Waals surface area contributed by atoms with Crippen LogP contribution < -0.4 is 10.2 Å². The van der Waals surface area contributed by atoms with E-state index in [1.165, 1.54) is 30.9 Å². The summed E-state index contributed by atoms with van der Waals surface area (Å²) in [6.45, 7) is 4.35. The molecular formula is C19H20BrN5OS2. The predicted octanol–water partition coefficient (Wildman–Crippen LogP) is 4.82. The van der Waals surface area contributed by atoms with E-state index < -0.39 is 0 Å². The third kappa shape index (κ3) is 4.64. The summed E-state index contributed by atoms with van der Waals surface area (Å²) >= 11 is 6.43. The van der Waals surface area contributed by atoms with Crippen LogP contribution in [-0.2, 0) is 4.79 Å². The second-order valence-electron chi connectivity index (χ2n) is 6.87. The van der Waals surface area contributed by atoms with Crippen LogP contribution in [0.3, 0.4) is 0 Å². The van der Waals surface area contributed by atoms with Gasteiger partial charge in [0.25, 0.3) is 0 Å². The minimum atomic E-state index is -0.0614. The lowest BCUT2D eigenvalue weighted by Crippen LogP contribution is -2.34. The van der Waals surface area contributed by atoms with E-state index in [0.717, 1.165) is 38.1 Å². The van der Waals surface area contributed by atoms with Crippen molar-refractivity contribution in [1.82, 2.24) is 15.0 Å². The molecule has 1 N–H and O–H groups in total. The van der Waals surface area contributed by atoms with E-state index in [1.54, 1.807) is 11.3 Å². The predicted molar refractivity (Wildman–Crippen MR) is 119 cm³/mol. The van der Waals surface area contributed by atoms with Gasteiger partial charge in [-0.1, -0.05) is 46.0 Å². The molecule has 2 aromatic heterocycles. The van der Waals surface area contributed by atoms with Gasteiger partial charge in [0.05, 0.1) is 5.75 Å². The number of benzene rings is 1. The highest BCUT2D eigenvalue weighted by atomic mass is 79.9. The van der Waals surface area contributed by atoms with Gasteiger partial charge in [0, 0.05) is 23.2 Å².